The largest absolute Gasteiger partial charge is 0.478 e. The summed E-state index contributed by atoms with van der Waals surface area (Å²) in [5.74, 6) is -0.937. The summed E-state index contributed by atoms with van der Waals surface area (Å²) in [5.41, 5.74) is 3.50. The zero-order chi connectivity index (χ0) is 13.9. The van der Waals surface area contributed by atoms with E-state index in [1.165, 1.54) is 0 Å². The minimum Gasteiger partial charge on any atom is -0.478 e. The SMILES string of the molecule is O=C(O)c1ccc(-c2cc(-c3ccccn3)[nH]n2)cc1. The van der Waals surface area contributed by atoms with Crippen LogP contribution in [0.25, 0.3) is 22.6 Å². The first-order valence-electron chi connectivity index (χ1n) is 6.04. The highest BCUT2D eigenvalue weighted by atomic mass is 16.4. The Bertz CT molecular complexity index is 733. The van der Waals surface area contributed by atoms with Gasteiger partial charge >= 0.3 is 5.97 Å². The predicted molar refractivity (Wildman–Crippen MR) is 74.2 cm³/mol. The molecule has 0 aliphatic heterocycles. The second-order valence-electron chi connectivity index (χ2n) is 4.26. The van der Waals surface area contributed by atoms with Gasteiger partial charge in [0.05, 0.1) is 22.6 Å². The number of carbonyl (C=O) groups is 1. The van der Waals surface area contributed by atoms with Gasteiger partial charge in [-0.25, -0.2) is 4.79 Å². The van der Waals surface area contributed by atoms with E-state index in [2.05, 4.69) is 15.2 Å². The van der Waals surface area contributed by atoms with E-state index in [9.17, 15) is 4.79 Å². The number of H-pyrrole nitrogens is 1. The van der Waals surface area contributed by atoms with Gasteiger partial charge in [0.25, 0.3) is 0 Å². The van der Waals surface area contributed by atoms with Gasteiger partial charge in [0.1, 0.15) is 0 Å². The molecule has 2 N–H and O–H groups in total. The third-order valence-electron chi connectivity index (χ3n) is 2.95. The van der Waals surface area contributed by atoms with E-state index in [0.717, 1.165) is 22.6 Å². The van der Waals surface area contributed by atoms with Crippen molar-refractivity contribution in [3.8, 4) is 22.6 Å². The number of carboxylic acids is 1. The Balaban J connectivity index is 1.92. The van der Waals surface area contributed by atoms with Crippen LogP contribution in [0.2, 0.25) is 0 Å². The first kappa shape index (κ1) is 12.1. The standard InChI is InChI=1S/C15H11N3O2/c19-15(20)11-6-4-10(5-7-11)13-9-14(18-17-13)12-3-1-2-8-16-12/h1-9H,(H,17,18)(H,19,20). The lowest BCUT2D eigenvalue weighted by Gasteiger charge is -1.97. The number of nitrogens with zero attached hydrogens (tertiary/aromatic N) is 2. The molecule has 0 saturated heterocycles. The summed E-state index contributed by atoms with van der Waals surface area (Å²) in [7, 11) is 0. The van der Waals surface area contributed by atoms with Crippen LogP contribution in [0.5, 0.6) is 0 Å². The normalized spacial score (nSPS) is 10.4. The molecule has 0 unspecified atom stereocenters. The van der Waals surface area contributed by atoms with Gasteiger partial charge in [-0.05, 0) is 30.3 Å². The van der Waals surface area contributed by atoms with Gasteiger partial charge in [-0.3, -0.25) is 10.1 Å². The van der Waals surface area contributed by atoms with Crippen LogP contribution in [0.15, 0.2) is 54.7 Å². The quantitative estimate of drug-likeness (QED) is 0.763. The molecule has 5 heteroatoms. The molecule has 0 aliphatic rings. The molecule has 1 aromatic carbocycles. The van der Waals surface area contributed by atoms with Crippen LogP contribution in [-0.4, -0.2) is 26.3 Å². The van der Waals surface area contributed by atoms with Gasteiger partial charge in [0, 0.05) is 11.8 Å². The fourth-order valence-electron chi connectivity index (χ4n) is 1.91. The smallest absolute Gasteiger partial charge is 0.335 e. The Labute approximate surface area is 114 Å². The van der Waals surface area contributed by atoms with Crippen molar-refractivity contribution in [1.82, 2.24) is 15.2 Å². The molecule has 0 radical (unpaired) electrons. The highest BCUT2D eigenvalue weighted by Crippen LogP contribution is 2.22. The van der Waals surface area contributed by atoms with Crippen LogP contribution >= 0.6 is 0 Å². The third kappa shape index (κ3) is 2.29. The number of hydrogen-bond donors (Lipinski definition) is 2. The number of carboxylic acid groups (broad SMARTS) is 1. The average molecular weight is 265 g/mol. The molecule has 0 aliphatic carbocycles. The molecule has 2 heterocycles. The highest BCUT2D eigenvalue weighted by Gasteiger charge is 2.08. The molecule has 0 saturated carbocycles. The van der Waals surface area contributed by atoms with E-state index >= 15 is 0 Å². The fraction of sp³-hybridized carbons (Fsp3) is 0. The molecule has 0 atom stereocenters. The number of nitrogens with one attached hydrogen (secondary N) is 1. The maximum Gasteiger partial charge on any atom is 0.335 e. The Morgan fingerprint density at radius 3 is 2.50 bits per heavy atom. The molecule has 0 fully saturated rings. The van der Waals surface area contributed by atoms with Crippen molar-refractivity contribution in [1.29, 1.82) is 0 Å². The van der Waals surface area contributed by atoms with Gasteiger partial charge in [-0.1, -0.05) is 18.2 Å². The van der Waals surface area contributed by atoms with Gasteiger partial charge in [-0.2, -0.15) is 5.10 Å². The summed E-state index contributed by atoms with van der Waals surface area (Å²) in [4.78, 5) is 15.1. The molecule has 20 heavy (non-hydrogen) atoms. The molecule has 0 bridgehead atoms. The number of pyridine rings is 1. The van der Waals surface area contributed by atoms with Crippen molar-refractivity contribution < 1.29 is 9.90 Å². The Morgan fingerprint density at radius 2 is 1.85 bits per heavy atom. The zero-order valence-corrected chi connectivity index (χ0v) is 10.4. The second-order valence-corrected chi connectivity index (χ2v) is 4.26. The van der Waals surface area contributed by atoms with Crippen molar-refractivity contribution in [2.45, 2.75) is 0 Å². The molecule has 5 nitrogen and oxygen atoms in total. The topological polar surface area (TPSA) is 78.9 Å². The van der Waals surface area contributed by atoms with E-state index < -0.39 is 5.97 Å². The van der Waals surface area contributed by atoms with Crippen molar-refractivity contribution in [3.63, 3.8) is 0 Å². The molecule has 0 amide bonds. The maximum absolute atomic E-state index is 10.8. The summed E-state index contributed by atoms with van der Waals surface area (Å²) in [6.45, 7) is 0. The summed E-state index contributed by atoms with van der Waals surface area (Å²) in [5, 5.41) is 16.0. The van der Waals surface area contributed by atoms with Gasteiger partial charge in [0.15, 0.2) is 0 Å². The Kier molecular flexibility index (Phi) is 3.01. The van der Waals surface area contributed by atoms with E-state index in [1.807, 2.05) is 24.3 Å². The number of aromatic amines is 1. The molecular weight excluding hydrogens is 254 g/mol. The first-order chi connectivity index (χ1) is 9.74. The molecular formula is C15H11N3O2. The average Bonchev–Trinajstić information content (AvgIpc) is 2.98. The van der Waals surface area contributed by atoms with Crippen LogP contribution in [0.4, 0.5) is 0 Å². The minimum absolute atomic E-state index is 0.259. The van der Waals surface area contributed by atoms with Crippen molar-refractivity contribution in [3.05, 3.63) is 60.3 Å². The maximum atomic E-state index is 10.8. The molecule has 2 aromatic heterocycles. The Hall–Kier alpha value is -2.95. The van der Waals surface area contributed by atoms with E-state index in [1.54, 1.807) is 30.5 Å². The van der Waals surface area contributed by atoms with Crippen LogP contribution in [0, 0.1) is 0 Å². The van der Waals surface area contributed by atoms with E-state index in [4.69, 9.17) is 5.11 Å². The summed E-state index contributed by atoms with van der Waals surface area (Å²) < 4.78 is 0. The minimum atomic E-state index is -0.937. The lowest BCUT2D eigenvalue weighted by molar-refractivity contribution is 0.0697. The lowest BCUT2D eigenvalue weighted by atomic mass is 10.1. The van der Waals surface area contributed by atoms with Crippen LogP contribution in [-0.2, 0) is 0 Å². The first-order valence-corrected chi connectivity index (χ1v) is 6.04. The monoisotopic (exact) mass is 265 g/mol. The molecule has 3 aromatic rings. The lowest BCUT2D eigenvalue weighted by Crippen LogP contribution is -1.94. The number of aromatic carboxylic acids is 1. The summed E-state index contributed by atoms with van der Waals surface area (Å²) in [6.07, 6.45) is 1.72. The van der Waals surface area contributed by atoms with Gasteiger partial charge in [0.2, 0.25) is 0 Å². The van der Waals surface area contributed by atoms with Gasteiger partial charge in [-0.15, -0.1) is 0 Å². The van der Waals surface area contributed by atoms with Crippen LogP contribution < -0.4 is 0 Å². The van der Waals surface area contributed by atoms with E-state index in [0.29, 0.717) is 0 Å². The van der Waals surface area contributed by atoms with Crippen molar-refractivity contribution in [2.75, 3.05) is 0 Å². The summed E-state index contributed by atoms with van der Waals surface area (Å²) >= 11 is 0. The Morgan fingerprint density at radius 1 is 1.05 bits per heavy atom. The third-order valence-corrected chi connectivity index (χ3v) is 2.95. The number of benzene rings is 1. The predicted octanol–water partition coefficient (Wildman–Crippen LogP) is 2.84. The van der Waals surface area contributed by atoms with Crippen molar-refractivity contribution in [2.24, 2.45) is 0 Å². The zero-order valence-electron chi connectivity index (χ0n) is 10.4. The number of hydrogen-bond acceptors (Lipinski definition) is 3. The van der Waals surface area contributed by atoms with Crippen molar-refractivity contribution >= 4 is 5.97 Å². The van der Waals surface area contributed by atoms with E-state index in [-0.39, 0.29) is 5.56 Å². The second kappa shape index (κ2) is 4.97. The van der Waals surface area contributed by atoms with Gasteiger partial charge < -0.3 is 5.11 Å². The highest BCUT2D eigenvalue weighted by molar-refractivity contribution is 5.88. The molecule has 3 rings (SSSR count). The molecule has 0 spiro atoms. The fourth-order valence-corrected chi connectivity index (χ4v) is 1.91. The number of aromatic nitrogens is 3. The molecule has 98 valence electrons. The summed E-state index contributed by atoms with van der Waals surface area (Å²) in [6, 6.07) is 14.1. The van der Waals surface area contributed by atoms with Crippen LogP contribution in [0.3, 0.4) is 0 Å². The van der Waals surface area contributed by atoms with Crippen LogP contribution in [0.1, 0.15) is 10.4 Å². The number of rotatable bonds is 3.